The largest absolute Gasteiger partial charge is 0.495 e. The maximum absolute atomic E-state index is 14.7. The van der Waals surface area contributed by atoms with Gasteiger partial charge in [0, 0.05) is 16.6 Å². The van der Waals surface area contributed by atoms with Crippen molar-refractivity contribution in [3.05, 3.63) is 33.6 Å². The molecule has 0 fully saturated rings. The predicted octanol–water partition coefficient (Wildman–Crippen LogP) is 3.49. The molecule has 1 aromatic rings. The van der Waals surface area contributed by atoms with Crippen LogP contribution in [-0.4, -0.2) is 42.8 Å². The highest BCUT2D eigenvalue weighted by Crippen LogP contribution is 2.33. The van der Waals surface area contributed by atoms with E-state index in [1.165, 1.54) is 13.2 Å². The van der Waals surface area contributed by atoms with Crippen LogP contribution in [0.5, 0.6) is 5.75 Å². The van der Waals surface area contributed by atoms with Crippen LogP contribution < -0.4 is 10.1 Å². The van der Waals surface area contributed by atoms with Crippen LogP contribution in [0.25, 0.3) is 0 Å². The van der Waals surface area contributed by atoms with Crippen molar-refractivity contribution in [1.82, 2.24) is 0 Å². The Morgan fingerprint density at radius 3 is 2.46 bits per heavy atom. The molecule has 10 heteroatoms. The summed E-state index contributed by atoms with van der Waals surface area (Å²) in [5, 5.41) is 13.3. The van der Waals surface area contributed by atoms with Gasteiger partial charge in [-0.05, 0) is 33.8 Å². The molecule has 1 atom stereocenters. The van der Waals surface area contributed by atoms with E-state index < -0.39 is 40.9 Å². The van der Waals surface area contributed by atoms with Crippen LogP contribution in [-0.2, 0) is 14.3 Å². The number of nitrogens with zero attached hydrogens (tertiary/aromatic N) is 1. The Bertz CT molecular complexity index is 731. The van der Waals surface area contributed by atoms with Gasteiger partial charge in [-0.1, -0.05) is 0 Å². The smallest absolute Gasteiger partial charge is 0.412 e. The van der Waals surface area contributed by atoms with Gasteiger partial charge in [-0.3, -0.25) is 20.2 Å². The Labute approximate surface area is 162 Å². The van der Waals surface area contributed by atoms with Crippen molar-refractivity contribution in [3.8, 4) is 5.75 Å². The van der Waals surface area contributed by atoms with E-state index in [0.29, 0.717) is 0 Å². The second-order valence-corrected chi connectivity index (χ2v) is 6.92. The Morgan fingerprint density at radius 1 is 1.32 bits per heavy atom. The molecular weight excluding hydrogens is 375 g/mol. The van der Waals surface area contributed by atoms with Gasteiger partial charge in [0.15, 0.2) is 0 Å². The minimum atomic E-state index is -1.06. The maximum Gasteiger partial charge on any atom is 0.412 e. The third-order valence-corrected chi connectivity index (χ3v) is 3.48. The fourth-order valence-corrected chi connectivity index (χ4v) is 2.44. The highest BCUT2D eigenvalue weighted by atomic mass is 19.1. The maximum atomic E-state index is 14.7. The minimum Gasteiger partial charge on any atom is -0.495 e. The minimum absolute atomic E-state index is 0.00557. The molecule has 0 spiro atoms. The van der Waals surface area contributed by atoms with Crippen molar-refractivity contribution in [2.45, 2.75) is 45.6 Å². The first kappa shape index (κ1) is 23.1. The Balaban J connectivity index is 3.19. The molecule has 1 N–H and O–H groups in total. The molecule has 0 aliphatic heterocycles. The van der Waals surface area contributed by atoms with Crippen molar-refractivity contribution in [2.75, 3.05) is 25.6 Å². The van der Waals surface area contributed by atoms with Gasteiger partial charge >= 0.3 is 12.1 Å². The molecule has 1 aromatic carbocycles. The SMILES string of the molecule is CCOC(=O)CC(C[N+](=O)[O-])c1cc(OC)c(NC(=O)OC(C)(C)C)cc1F. The third-order valence-electron chi connectivity index (χ3n) is 3.48. The number of esters is 1. The van der Waals surface area contributed by atoms with Crippen LogP contribution in [0.3, 0.4) is 0 Å². The lowest BCUT2D eigenvalue weighted by molar-refractivity contribution is -0.483. The molecule has 0 saturated carbocycles. The second kappa shape index (κ2) is 9.86. The molecule has 0 heterocycles. The van der Waals surface area contributed by atoms with Crippen LogP contribution in [0.4, 0.5) is 14.9 Å². The molecule has 0 aliphatic rings. The van der Waals surface area contributed by atoms with Crippen molar-refractivity contribution in [3.63, 3.8) is 0 Å². The quantitative estimate of drug-likeness (QED) is 0.403. The monoisotopic (exact) mass is 400 g/mol. The van der Waals surface area contributed by atoms with Crippen LogP contribution in [0, 0.1) is 15.9 Å². The molecule has 0 bridgehead atoms. The molecule has 1 unspecified atom stereocenters. The molecule has 1 rings (SSSR count). The van der Waals surface area contributed by atoms with Gasteiger partial charge in [-0.25, -0.2) is 9.18 Å². The number of hydrogen-bond acceptors (Lipinski definition) is 7. The number of carbonyl (C=O) groups is 2. The molecular formula is C18H25FN2O7. The van der Waals surface area contributed by atoms with Crippen molar-refractivity contribution >= 4 is 17.7 Å². The van der Waals surface area contributed by atoms with Gasteiger partial charge in [0.1, 0.15) is 17.2 Å². The summed E-state index contributed by atoms with van der Waals surface area (Å²) in [5.74, 6) is -2.50. The van der Waals surface area contributed by atoms with E-state index >= 15 is 0 Å². The summed E-state index contributed by atoms with van der Waals surface area (Å²) in [7, 11) is 1.30. The highest BCUT2D eigenvalue weighted by Gasteiger charge is 2.27. The summed E-state index contributed by atoms with van der Waals surface area (Å²) in [6, 6.07) is 2.19. The molecule has 0 radical (unpaired) electrons. The molecule has 9 nitrogen and oxygen atoms in total. The number of carbonyl (C=O) groups excluding carboxylic acids is 2. The summed E-state index contributed by atoms with van der Waals surface area (Å²) in [6.07, 6.45) is -1.18. The molecule has 0 aliphatic carbocycles. The first-order valence-corrected chi connectivity index (χ1v) is 8.61. The number of ether oxygens (including phenoxy) is 3. The van der Waals surface area contributed by atoms with Crippen LogP contribution in [0.15, 0.2) is 12.1 Å². The second-order valence-electron chi connectivity index (χ2n) is 6.92. The number of amides is 1. The topological polar surface area (TPSA) is 117 Å². The Kier molecular flexibility index (Phi) is 8.15. The van der Waals surface area contributed by atoms with Gasteiger partial charge in [0.2, 0.25) is 6.54 Å². The fraction of sp³-hybridized carbons (Fsp3) is 0.556. The zero-order valence-corrected chi connectivity index (χ0v) is 16.5. The van der Waals surface area contributed by atoms with Crippen molar-refractivity contribution in [1.29, 1.82) is 0 Å². The molecule has 1 amide bonds. The van der Waals surface area contributed by atoms with Gasteiger partial charge in [-0.2, -0.15) is 0 Å². The number of halogens is 1. The molecule has 0 aromatic heterocycles. The van der Waals surface area contributed by atoms with Gasteiger partial charge in [-0.15, -0.1) is 0 Å². The average molecular weight is 400 g/mol. The highest BCUT2D eigenvalue weighted by molar-refractivity contribution is 5.87. The van der Waals surface area contributed by atoms with E-state index in [-0.39, 0.29) is 30.0 Å². The third kappa shape index (κ3) is 7.37. The van der Waals surface area contributed by atoms with E-state index in [4.69, 9.17) is 14.2 Å². The van der Waals surface area contributed by atoms with Crippen molar-refractivity contribution < 1.29 is 33.1 Å². The summed E-state index contributed by atoms with van der Waals surface area (Å²) < 4.78 is 29.7. The van der Waals surface area contributed by atoms with Gasteiger partial charge in [0.05, 0.1) is 31.7 Å². The average Bonchev–Trinajstić information content (AvgIpc) is 2.52. The first-order valence-electron chi connectivity index (χ1n) is 8.61. The summed E-state index contributed by atoms with van der Waals surface area (Å²) in [6.45, 7) is 6.05. The zero-order chi connectivity index (χ0) is 21.5. The van der Waals surface area contributed by atoms with E-state index in [9.17, 15) is 24.1 Å². The lowest BCUT2D eigenvalue weighted by Crippen LogP contribution is -2.27. The summed E-state index contributed by atoms with van der Waals surface area (Å²) >= 11 is 0. The molecule has 156 valence electrons. The van der Waals surface area contributed by atoms with Crippen LogP contribution in [0.1, 0.15) is 45.6 Å². The lowest BCUT2D eigenvalue weighted by atomic mass is 9.94. The Morgan fingerprint density at radius 2 is 1.96 bits per heavy atom. The van der Waals surface area contributed by atoms with Crippen molar-refractivity contribution in [2.24, 2.45) is 0 Å². The van der Waals surface area contributed by atoms with Gasteiger partial charge < -0.3 is 14.2 Å². The van der Waals surface area contributed by atoms with Crippen LogP contribution >= 0.6 is 0 Å². The molecule has 0 saturated heterocycles. The zero-order valence-electron chi connectivity index (χ0n) is 16.5. The standard InChI is InChI=1S/C18H25FN2O7/c1-6-27-16(22)7-11(10-21(24)25)12-8-15(26-5)14(9-13(12)19)20-17(23)28-18(2,3)4/h8-9,11H,6-7,10H2,1-5H3,(H,20,23). The van der Waals surface area contributed by atoms with E-state index in [2.05, 4.69) is 5.32 Å². The number of methoxy groups -OCH3 is 1. The predicted molar refractivity (Wildman–Crippen MR) is 98.7 cm³/mol. The number of rotatable bonds is 8. The lowest BCUT2D eigenvalue weighted by Gasteiger charge is -2.21. The van der Waals surface area contributed by atoms with E-state index in [1.54, 1.807) is 27.7 Å². The number of benzene rings is 1. The van der Waals surface area contributed by atoms with E-state index in [1.807, 2.05) is 0 Å². The normalized spacial score (nSPS) is 12.1. The summed E-state index contributed by atoms with van der Waals surface area (Å²) in [4.78, 5) is 34.0. The van der Waals surface area contributed by atoms with Crippen LogP contribution in [0.2, 0.25) is 0 Å². The number of nitro groups is 1. The summed E-state index contributed by atoms with van der Waals surface area (Å²) in [5.41, 5.74) is -0.850. The number of anilines is 1. The number of hydrogen-bond donors (Lipinski definition) is 1. The number of nitrogens with one attached hydrogen (secondary N) is 1. The fourth-order valence-electron chi connectivity index (χ4n) is 2.44. The first-order chi connectivity index (χ1) is 13.0. The van der Waals surface area contributed by atoms with E-state index in [0.717, 1.165) is 6.07 Å². The van der Waals surface area contributed by atoms with Gasteiger partial charge in [0.25, 0.3) is 0 Å². The molecule has 28 heavy (non-hydrogen) atoms. The Hall–Kier alpha value is -2.91.